The standard InChI is InChI=1S/C11H20N2O/c1-6(2)7(3)11(14)13-10-8-4-12-5-9(8)10/h6-10,12H,4-5H2,1-3H3,(H,13,14)/t7?,8-,9+,10?. The normalized spacial score (nSPS) is 36.7. The molecule has 80 valence electrons. The van der Waals surface area contributed by atoms with Crippen molar-refractivity contribution >= 4 is 5.91 Å². The molecule has 1 amide bonds. The Morgan fingerprint density at radius 3 is 2.36 bits per heavy atom. The maximum absolute atomic E-state index is 11.7. The first-order chi connectivity index (χ1) is 6.61. The minimum Gasteiger partial charge on any atom is -0.352 e. The van der Waals surface area contributed by atoms with Gasteiger partial charge in [0.25, 0.3) is 0 Å². The van der Waals surface area contributed by atoms with Crippen molar-refractivity contribution in [2.45, 2.75) is 26.8 Å². The van der Waals surface area contributed by atoms with Crippen LogP contribution in [0.5, 0.6) is 0 Å². The molecule has 2 N–H and O–H groups in total. The van der Waals surface area contributed by atoms with Crippen LogP contribution >= 0.6 is 0 Å². The van der Waals surface area contributed by atoms with Crippen LogP contribution < -0.4 is 10.6 Å². The molecule has 2 unspecified atom stereocenters. The van der Waals surface area contributed by atoms with Gasteiger partial charge in [-0.1, -0.05) is 20.8 Å². The molecule has 0 aromatic rings. The molecule has 14 heavy (non-hydrogen) atoms. The molecule has 1 saturated heterocycles. The van der Waals surface area contributed by atoms with Gasteiger partial charge in [0.2, 0.25) is 5.91 Å². The van der Waals surface area contributed by atoms with Crippen molar-refractivity contribution in [3.05, 3.63) is 0 Å². The zero-order valence-corrected chi connectivity index (χ0v) is 9.21. The molecule has 0 radical (unpaired) electrons. The van der Waals surface area contributed by atoms with E-state index in [1.807, 2.05) is 6.92 Å². The average Bonchev–Trinajstić information content (AvgIpc) is 2.63. The molecule has 1 heterocycles. The third-order valence-corrected chi connectivity index (χ3v) is 3.81. The molecule has 0 aromatic carbocycles. The lowest BCUT2D eigenvalue weighted by Gasteiger charge is -2.16. The molecule has 1 aliphatic heterocycles. The fourth-order valence-corrected chi connectivity index (χ4v) is 2.23. The summed E-state index contributed by atoms with van der Waals surface area (Å²) in [6.45, 7) is 8.38. The number of piperidine rings is 1. The van der Waals surface area contributed by atoms with Gasteiger partial charge in [-0.15, -0.1) is 0 Å². The SMILES string of the molecule is CC(C)C(C)C(=O)NC1[C@H]2CNC[C@@H]12. The Bertz CT molecular complexity index is 229. The zero-order chi connectivity index (χ0) is 10.3. The first-order valence-corrected chi connectivity index (χ1v) is 5.62. The summed E-state index contributed by atoms with van der Waals surface area (Å²) in [6, 6.07) is 0.477. The summed E-state index contributed by atoms with van der Waals surface area (Å²) in [7, 11) is 0. The Labute approximate surface area is 85.6 Å². The van der Waals surface area contributed by atoms with Crippen LogP contribution in [0.25, 0.3) is 0 Å². The van der Waals surface area contributed by atoms with Crippen LogP contribution in [0, 0.1) is 23.7 Å². The van der Waals surface area contributed by atoms with Crippen molar-refractivity contribution in [1.82, 2.24) is 10.6 Å². The molecule has 2 rings (SSSR count). The Balaban J connectivity index is 1.79. The molecule has 3 nitrogen and oxygen atoms in total. The summed E-state index contributed by atoms with van der Waals surface area (Å²) >= 11 is 0. The third-order valence-electron chi connectivity index (χ3n) is 3.81. The van der Waals surface area contributed by atoms with Crippen LogP contribution in [0.1, 0.15) is 20.8 Å². The van der Waals surface area contributed by atoms with Crippen LogP contribution in [0.2, 0.25) is 0 Å². The molecule has 1 aliphatic carbocycles. The number of hydrogen-bond donors (Lipinski definition) is 2. The number of nitrogens with one attached hydrogen (secondary N) is 2. The lowest BCUT2D eigenvalue weighted by atomic mass is 9.97. The van der Waals surface area contributed by atoms with Crippen molar-refractivity contribution in [1.29, 1.82) is 0 Å². The fraction of sp³-hybridized carbons (Fsp3) is 0.909. The van der Waals surface area contributed by atoms with E-state index in [1.54, 1.807) is 0 Å². The second-order valence-electron chi connectivity index (χ2n) is 5.05. The van der Waals surface area contributed by atoms with Gasteiger partial charge in [0.15, 0.2) is 0 Å². The van der Waals surface area contributed by atoms with Crippen molar-refractivity contribution in [2.24, 2.45) is 23.7 Å². The van der Waals surface area contributed by atoms with Gasteiger partial charge >= 0.3 is 0 Å². The topological polar surface area (TPSA) is 41.1 Å². The smallest absolute Gasteiger partial charge is 0.223 e. The predicted molar refractivity (Wildman–Crippen MR) is 55.8 cm³/mol. The van der Waals surface area contributed by atoms with Crippen molar-refractivity contribution < 1.29 is 4.79 Å². The summed E-state index contributed by atoms with van der Waals surface area (Å²) in [4.78, 5) is 11.7. The predicted octanol–water partition coefficient (Wildman–Crippen LogP) is 0.612. The van der Waals surface area contributed by atoms with E-state index in [9.17, 15) is 4.79 Å². The maximum atomic E-state index is 11.7. The Kier molecular flexibility index (Phi) is 2.52. The summed E-state index contributed by atoms with van der Waals surface area (Å²) < 4.78 is 0. The van der Waals surface area contributed by atoms with Crippen molar-refractivity contribution in [3.63, 3.8) is 0 Å². The summed E-state index contributed by atoms with van der Waals surface area (Å²) in [6.07, 6.45) is 0. The highest BCUT2D eigenvalue weighted by molar-refractivity contribution is 5.79. The van der Waals surface area contributed by atoms with Gasteiger partial charge in [0, 0.05) is 25.0 Å². The second-order valence-corrected chi connectivity index (χ2v) is 5.05. The molecule has 2 fully saturated rings. The van der Waals surface area contributed by atoms with Crippen molar-refractivity contribution in [3.8, 4) is 0 Å². The van der Waals surface area contributed by atoms with Crippen LogP contribution in [-0.4, -0.2) is 25.0 Å². The van der Waals surface area contributed by atoms with Gasteiger partial charge in [0.05, 0.1) is 0 Å². The largest absolute Gasteiger partial charge is 0.352 e. The monoisotopic (exact) mass is 196 g/mol. The van der Waals surface area contributed by atoms with Gasteiger partial charge in [0.1, 0.15) is 0 Å². The molecule has 0 spiro atoms. The highest BCUT2D eigenvalue weighted by atomic mass is 16.2. The maximum Gasteiger partial charge on any atom is 0.223 e. The number of amides is 1. The minimum atomic E-state index is 0.143. The Morgan fingerprint density at radius 2 is 1.86 bits per heavy atom. The molecular formula is C11H20N2O. The summed E-state index contributed by atoms with van der Waals surface area (Å²) in [5.74, 6) is 2.26. The Morgan fingerprint density at radius 1 is 1.29 bits per heavy atom. The van der Waals surface area contributed by atoms with Gasteiger partial charge in [-0.25, -0.2) is 0 Å². The fourth-order valence-electron chi connectivity index (χ4n) is 2.23. The summed E-state index contributed by atoms with van der Waals surface area (Å²) in [5.41, 5.74) is 0. The van der Waals surface area contributed by atoms with Crippen LogP contribution in [0.15, 0.2) is 0 Å². The molecule has 4 atom stereocenters. The first-order valence-electron chi connectivity index (χ1n) is 5.62. The van der Waals surface area contributed by atoms with Crippen LogP contribution in [0.4, 0.5) is 0 Å². The summed E-state index contributed by atoms with van der Waals surface area (Å²) in [5, 5.41) is 6.48. The number of hydrogen-bond acceptors (Lipinski definition) is 2. The van der Waals surface area contributed by atoms with E-state index < -0.39 is 0 Å². The van der Waals surface area contributed by atoms with Gasteiger partial charge in [-0.2, -0.15) is 0 Å². The lowest BCUT2D eigenvalue weighted by Crippen LogP contribution is -2.37. The molecule has 1 saturated carbocycles. The van der Waals surface area contributed by atoms with E-state index >= 15 is 0 Å². The van der Waals surface area contributed by atoms with Gasteiger partial charge in [-0.05, 0) is 17.8 Å². The lowest BCUT2D eigenvalue weighted by molar-refractivity contribution is -0.126. The van der Waals surface area contributed by atoms with Crippen LogP contribution in [0.3, 0.4) is 0 Å². The number of carbonyl (C=O) groups is 1. The van der Waals surface area contributed by atoms with E-state index in [0.717, 1.165) is 24.9 Å². The Hall–Kier alpha value is -0.570. The molecule has 0 aromatic heterocycles. The third kappa shape index (κ3) is 1.65. The van der Waals surface area contributed by atoms with E-state index in [1.165, 1.54) is 0 Å². The molecule has 2 aliphatic rings. The van der Waals surface area contributed by atoms with E-state index in [-0.39, 0.29) is 11.8 Å². The molecule has 3 heteroatoms. The highest BCUT2D eigenvalue weighted by Crippen LogP contribution is 2.41. The van der Waals surface area contributed by atoms with E-state index in [2.05, 4.69) is 24.5 Å². The number of carbonyl (C=O) groups excluding carboxylic acids is 1. The van der Waals surface area contributed by atoms with Crippen molar-refractivity contribution in [2.75, 3.05) is 13.1 Å². The van der Waals surface area contributed by atoms with E-state index in [0.29, 0.717) is 12.0 Å². The average molecular weight is 196 g/mol. The quantitative estimate of drug-likeness (QED) is 0.694. The molecular weight excluding hydrogens is 176 g/mol. The zero-order valence-electron chi connectivity index (χ0n) is 9.21. The molecule has 0 bridgehead atoms. The van der Waals surface area contributed by atoms with E-state index in [4.69, 9.17) is 0 Å². The first kappa shape index (κ1) is 9.97. The highest BCUT2D eigenvalue weighted by Gasteiger charge is 2.53. The number of rotatable bonds is 3. The van der Waals surface area contributed by atoms with Crippen LogP contribution in [-0.2, 0) is 4.79 Å². The van der Waals surface area contributed by atoms with Gasteiger partial charge < -0.3 is 10.6 Å². The number of fused-ring (bicyclic) bond motifs is 1. The van der Waals surface area contributed by atoms with Gasteiger partial charge in [-0.3, -0.25) is 4.79 Å². The minimum absolute atomic E-state index is 0.143. The second kappa shape index (κ2) is 3.54.